The molecule has 100 valence electrons. The van der Waals surface area contributed by atoms with E-state index in [-0.39, 0.29) is 11.9 Å². The van der Waals surface area contributed by atoms with E-state index in [1.165, 1.54) is 0 Å². The van der Waals surface area contributed by atoms with E-state index in [0.29, 0.717) is 22.6 Å². The first-order valence-corrected chi connectivity index (χ1v) is 6.10. The predicted octanol–water partition coefficient (Wildman–Crippen LogP) is 2.85. The first-order chi connectivity index (χ1) is 9.19. The summed E-state index contributed by atoms with van der Waals surface area (Å²) in [7, 11) is 3.36. The van der Waals surface area contributed by atoms with Crippen LogP contribution in [-0.4, -0.2) is 19.1 Å². The van der Waals surface area contributed by atoms with Crippen LogP contribution in [0.25, 0.3) is 0 Å². The smallest absolute Gasteiger partial charge is 0.142 e. The van der Waals surface area contributed by atoms with E-state index in [0.717, 1.165) is 0 Å². The van der Waals surface area contributed by atoms with Crippen LogP contribution in [0.15, 0.2) is 36.5 Å². The van der Waals surface area contributed by atoms with Gasteiger partial charge >= 0.3 is 0 Å². The lowest BCUT2D eigenvalue weighted by atomic mass is 10.00. The van der Waals surface area contributed by atoms with E-state index in [2.05, 4.69) is 10.3 Å². The van der Waals surface area contributed by atoms with Gasteiger partial charge in [0.15, 0.2) is 0 Å². The van der Waals surface area contributed by atoms with Crippen molar-refractivity contribution in [3.05, 3.63) is 59.2 Å². The van der Waals surface area contributed by atoms with Crippen molar-refractivity contribution in [1.29, 1.82) is 0 Å². The molecule has 2 aromatic rings. The minimum absolute atomic E-state index is 0.213. The maximum absolute atomic E-state index is 14.3. The maximum Gasteiger partial charge on any atom is 0.142 e. The average molecular weight is 260 g/mol. The molecular formula is C15H17FN2O. The van der Waals surface area contributed by atoms with Crippen LogP contribution < -0.4 is 10.1 Å². The standard InChI is InChI=1S/C15H17FN2O/c1-10-6-4-7-11(13(10)16)14(17-2)15-12(19-3)8-5-9-18-15/h4-9,14,17H,1-3H3. The molecule has 19 heavy (non-hydrogen) atoms. The van der Waals surface area contributed by atoms with E-state index >= 15 is 0 Å². The number of hydrogen-bond acceptors (Lipinski definition) is 3. The van der Waals surface area contributed by atoms with E-state index in [1.54, 1.807) is 45.5 Å². The van der Waals surface area contributed by atoms with Gasteiger partial charge in [-0.05, 0) is 31.7 Å². The number of nitrogens with one attached hydrogen (secondary N) is 1. The number of aryl methyl sites for hydroxylation is 1. The number of pyridine rings is 1. The van der Waals surface area contributed by atoms with Crippen LogP contribution in [0.4, 0.5) is 4.39 Å². The Labute approximate surface area is 112 Å². The minimum atomic E-state index is -0.337. The summed E-state index contributed by atoms with van der Waals surface area (Å²) in [6.07, 6.45) is 1.68. The summed E-state index contributed by atoms with van der Waals surface area (Å²) >= 11 is 0. The Morgan fingerprint density at radius 3 is 2.74 bits per heavy atom. The van der Waals surface area contributed by atoms with Gasteiger partial charge in [-0.25, -0.2) is 4.39 Å². The number of ether oxygens (including phenoxy) is 1. The molecule has 1 unspecified atom stereocenters. The number of rotatable bonds is 4. The van der Waals surface area contributed by atoms with Gasteiger partial charge in [0.1, 0.15) is 17.3 Å². The third-order valence-corrected chi connectivity index (χ3v) is 3.11. The van der Waals surface area contributed by atoms with Gasteiger partial charge in [-0.2, -0.15) is 0 Å². The van der Waals surface area contributed by atoms with Crippen molar-refractivity contribution in [2.45, 2.75) is 13.0 Å². The van der Waals surface area contributed by atoms with E-state index in [4.69, 9.17) is 4.74 Å². The highest BCUT2D eigenvalue weighted by Gasteiger charge is 2.21. The van der Waals surface area contributed by atoms with Crippen LogP contribution >= 0.6 is 0 Å². The number of methoxy groups -OCH3 is 1. The summed E-state index contributed by atoms with van der Waals surface area (Å²) in [6.45, 7) is 1.75. The zero-order valence-electron chi connectivity index (χ0n) is 11.3. The lowest BCUT2D eigenvalue weighted by Crippen LogP contribution is -2.21. The van der Waals surface area contributed by atoms with Crippen molar-refractivity contribution in [2.75, 3.05) is 14.2 Å². The highest BCUT2D eigenvalue weighted by Crippen LogP contribution is 2.29. The van der Waals surface area contributed by atoms with Crippen LogP contribution in [0.5, 0.6) is 5.75 Å². The Hall–Kier alpha value is -1.94. The number of halogens is 1. The molecule has 0 aliphatic rings. The van der Waals surface area contributed by atoms with Gasteiger partial charge in [0, 0.05) is 11.8 Å². The van der Waals surface area contributed by atoms with E-state index in [9.17, 15) is 4.39 Å². The third-order valence-electron chi connectivity index (χ3n) is 3.11. The topological polar surface area (TPSA) is 34.2 Å². The lowest BCUT2D eigenvalue weighted by molar-refractivity contribution is 0.400. The summed E-state index contributed by atoms with van der Waals surface area (Å²) in [5.74, 6) is 0.428. The zero-order valence-corrected chi connectivity index (χ0v) is 11.3. The zero-order chi connectivity index (χ0) is 13.8. The fourth-order valence-corrected chi connectivity index (χ4v) is 2.12. The van der Waals surface area contributed by atoms with Gasteiger partial charge in [0.2, 0.25) is 0 Å². The first kappa shape index (κ1) is 13.5. The molecule has 1 aromatic heterocycles. The number of hydrogen-bond donors (Lipinski definition) is 1. The second kappa shape index (κ2) is 5.80. The molecule has 0 radical (unpaired) electrons. The molecule has 1 atom stereocenters. The molecule has 0 saturated heterocycles. The molecule has 0 bridgehead atoms. The number of aromatic nitrogens is 1. The molecule has 1 aromatic carbocycles. The van der Waals surface area contributed by atoms with Gasteiger partial charge in [-0.1, -0.05) is 18.2 Å². The minimum Gasteiger partial charge on any atom is -0.495 e. The Balaban J connectivity index is 2.53. The van der Waals surface area contributed by atoms with Gasteiger partial charge in [-0.3, -0.25) is 4.98 Å². The molecule has 0 aliphatic carbocycles. The second-order valence-corrected chi connectivity index (χ2v) is 4.29. The molecule has 3 nitrogen and oxygen atoms in total. The average Bonchev–Trinajstić information content (AvgIpc) is 2.45. The van der Waals surface area contributed by atoms with E-state index in [1.807, 2.05) is 12.1 Å². The molecular weight excluding hydrogens is 243 g/mol. The Kier molecular flexibility index (Phi) is 4.12. The summed E-state index contributed by atoms with van der Waals surface area (Å²) in [5, 5.41) is 3.09. The largest absolute Gasteiger partial charge is 0.495 e. The monoisotopic (exact) mass is 260 g/mol. The van der Waals surface area contributed by atoms with Gasteiger partial charge < -0.3 is 10.1 Å². The van der Waals surface area contributed by atoms with E-state index < -0.39 is 0 Å². The van der Waals surface area contributed by atoms with Crippen LogP contribution in [-0.2, 0) is 0 Å². The van der Waals surface area contributed by atoms with Gasteiger partial charge in [-0.15, -0.1) is 0 Å². The molecule has 0 amide bonds. The molecule has 0 aliphatic heterocycles. The third kappa shape index (κ3) is 2.58. The molecule has 1 heterocycles. The summed E-state index contributed by atoms with van der Waals surface area (Å²) < 4.78 is 19.5. The van der Waals surface area contributed by atoms with Crippen LogP contribution in [0.2, 0.25) is 0 Å². The van der Waals surface area contributed by atoms with Crippen molar-refractivity contribution in [2.24, 2.45) is 0 Å². The molecule has 0 spiro atoms. The molecule has 0 fully saturated rings. The Bertz CT molecular complexity index is 572. The molecule has 1 N–H and O–H groups in total. The molecule has 4 heteroatoms. The predicted molar refractivity (Wildman–Crippen MR) is 72.8 cm³/mol. The normalized spacial score (nSPS) is 12.2. The van der Waals surface area contributed by atoms with Gasteiger partial charge in [0.25, 0.3) is 0 Å². The van der Waals surface area contributed by atoms with Gasteiger partial charge in [0.05, 0.1) is 13.2 Å². The SMILES string of the molecule is CNC(c1cccc(C)c1F)c1ncccc1OC. The summed E-state index contributed by atoms with van der Waals surface area (Å²) in [5.41, 5.74) is 1.86. The quantitative estimate of drug-likeness (QED) is 0.918. The maximum atomic E-state index is 14.3. The van der Waals surface area contributed by atoms with Crippen LogP contribution in [0.1, 0.15) is 22.9 Å². The first-order valence-electron chi connectivity index (χ1n) is 6.10. The summed E-state index contributed by atoms with van der Waals surface area (Å²) in [6, 6.07) is 8.63. The molecule has 2 rings (SSSR count). The number of benzene rings is 1. The van der Waals surface area contributed by atoms with Crippen LogP contribution in [0, 0.1) is 12.7 Å². The van der Waals surface area contributed by atoms with Crippen molar-refractivity contribution >= 4 is 0 Å². The Morgan fingerprint density at radius 2 is 2.05 bits per heavy atom. The Morgan fingerprint density at radius 1 is 1.26 bits per heavy atom. The fourth-order valence-electron chi connectivity index (χ4n) is 2.12. The molecule has 0 saturated carbocycles. The fraction of sp³-hybridized carbons (Fsp3) is 0.267. The highest BCUT2D eigenvalue weighted by molar-refractivity contribution is 5.38. The number of nitrogens with zero attached hydrogens (tertiary/aromatic N) is 1. The van der Waals surface area contributed by atoms with Crippen molar-refractivity contribution in [3.8, 4) is 5.75 Å². The highest BCUT2D eigenvalue weighted by atomic mass is 19.1. The van der Waals surface area contributed by atoms with Crippen molar-refractivity contribution < 1.29 is 9.13 Å². The van der Waals surface area contributed by atoms with Crippen LogP contribution in [0.3, 0.4) is 0 Å². The lowest BCUT2D eigenvalue weighted by Gasteiger charge is -2.19. The summed E-state index contributed by atoms with van der Waals surface area (Å²) in [4.78, 5) is 4.31. The second-order valence-electron chi connectivity index (χ2n) is 4.29. The van der Waals surface area contributed by atoms with Crippen molar-refractivity contribution in [1.82, 2.24) is 10.3 Å². The van der Waals surface area contributed by atoms with Crippen molar-refractivity contribution in [3.63, 3.8) is 0 Å².